The SMILES string of the molecule is CCc1c(CC2CCCCC2)nc(SCC(=O)Nc2ccc(C)cc2)[nH]c1=O. The summed E-state index contributed by atoms with van der Waals surface area (Å²) in [6.45, 7) is 4.01. The summed E-state index contributed by atoms with van der Waals surface area (Å²) in [6.07, 6.45) is 7.86. The molecule has 28 heavy (non-hydrogen) atoms. The number of hydrogen-bond donors (Lipinski definition) is 2. The Labute approximate surface area is 170 Å². The highest BCUT2D eigenvalue weighted by Gasteiger charge is 2.19. The van der Waals surface area contributed by atoms with Crippen molar-refractivity contribution >= 4 is 23.4 Å². The van der Waals surface area contributed by atoms with E-state index in [1.54, 1.807) is 0 Å². The number of aryl methyl sites for hydroxylation is 1. The number of amides is 1. The Morgan fingerprint density at radius 2 is 1.93 bits per heavy atom. The van der Waals surface area contributed by atoms with E-state index in [9.17, 15) is 9.59 Å². The van der Waals surface area contributed by atoms with E-state index in [0.29, 0.717) is 17.5 Å². The quantitative estimate of drug-likeness (QED) is 0.531. The van der Waals surface area contributed by atoms with Crippen LogP contribution in [0.3, 0.4) is 0 Å². The van der Waals surface area contributed by atoms with E-state index in [1.807, 2.05) is 38.1 Å². The Morgan fingerprint density at radius 1 is 1.21 bits per heavy atom. The molecule has 0 unspecified atom stereocenters. The predicted octanol–water partition coefficient (Wildman–Crippen LogP) is 4.49. The number of aromatic nitrogens is 2. The van der Waals surface area contributed by atoms with Crippen LogP contribution < -0.4 is 10.9 Å². The van der Waals surface area contributed by atoms with Crippen LogP contribution in [0.1, 0.15) is 55.8 Å². The van der Waals surface area contributed by atoms with Gasteiger partial charge in [0.2, 0.25) is 5.91 Å². The molecule has 2 N–H and O–H groups in total. The zero-order valence-corrected chi connectivity index (χ0v) is 17.5. The van der Waals surface area contributed by atoms with Gasteiger partial charge in [0.15, 0.2) is 5.16 Å². The standard InChI is InChI=1S/C22H29N3O2S/c1-3-18-19(13-16-7-5-4-6-8-16)24-22(25-21(18)27)28-14-20(26)23-17-11-9-15(2)10-12-17/h9-12,16H,3-8,13-14H2,1-2H3,(H,23,26)(H,24,25,27). The minimum atomic E-state index is -0.107. The maximum Gasteiger partial charge on any atom is 0.254 e. The molecule has 1 fully saturated rings. The molecule has 1 aromatic heterocycles. The van der Waals surface area contributed by atoms with Crippen molar-refractivity contribution in [1.82, 2.24) is 9.97 Å². The molecule has 0 radical (unpaired) electrons. The molecular formula is C22H29N3O2S. The number of benzene rings is 1. The second kappa shape index (κ2) is 9.92. The van der Waals surface area contributed by atoms with Crippen LogP contribution in [0.4, 0.5) is 5.69 Å². The van der Waals surface area contributed by atoms with Gasteiger partial charge in [-0.15, -0.1) is 0 Å². The van der Waals surface area contributed by atoms with Gasteiger partial charge in [-0.3, -0.25) is 9.59 Å². The largest absolute Gasteiger partial charge is 0.325 e. The van der Waals surface area contributed by atoms with Crippen molar-refractivity contribution in [2.45, 2.75) is 63.9 Å². The van der Waals surface area contributed by atoms with Crippen molar-refractivity contribution in [2.24, 2.45) is 5.92 Å². The second-order valence-corrected chi connectivity index (χ2v) is 8.52. The Balaban J connectivity index is 1.65. The zero-order valence-electron chi connectivity index (χ0n) is 16.7. The van der Waals surface area contributed by atoms with Crippen LogP contribution in [0.5, 0.6) is 0 Å². The Hall–Kier alpha value is -2.08. The fourth-order valence-corrected chi connectivity index (χ4v) is 4.44. The third-order valence-electron chi connectivity index (χ3n) is 5.32. The van der Waals surface area contributed by atoms with Crippen LogP contribution in [-0.2, 0) is 17.6 Å². The molecule has 0 spiro atoms. The second-order valence-electron chi connectivity index (χ2n) is 7.56. The third-order valence-corrected chi connectivity index (χ3v) is 6.19. The number of hydrogen-bond acceptors (Lipinski definition) is 4. The van der Waals surface area contributed by atoms with Crippen LogP contribution in [0.15, 0.2) is 34.2 Å². The van der Waals surface area contributed by atoms with Crippen molar-refractivity contribution in [3.8, 4) is 0 Å². The Morgan fingerprint density at radius 3 is 2.61 bits per heavy atom. The van der Waals surface area contributed by atoms with E-state index in [2.05, 4.69) is 10.3 Å². The van der Waals surface area contributed by atoms with Gasteiger partial charge >= 0.3 is 0 Å². The van der Waals surface area contributed by atoms with Gasteiger partial charge in [-0.2, -0.15) is 0 Å². The van der Waals surface area contributed by atoms with Gasteiger partial charge in [-0.05, 0) is 37.8 Å². The number of anilines is 1. The molecule has 0 bridgehead atoms. The lowest BCUT2D eigenvalue weighted by molar-refractivity contribution is -0.113. The molecule has 150 valence electrons. The number of nitrogens with zero attached hydrogens (tertiary/aromatic N) is 1. The number of H-pyrrole nitrogens is 1. The molecule has 1 aliphatic rings. The van der Waals surface area contributed by atoms with Crippen molar-refractivity contribution in [3.05, 3.63) is 51.4 Å². The van der Waals surface area contributed by atoms with Crippen LogP contribution in [0, 0.1) is 12.8 Å². The summed E-state index contributed by atoms with van der Waals surface area (Å²) in [5.74, 6) is 0.728. The number of nitrogens with one attached hydrogen (secondary N) is 2. The average Bonchev–Trinajstić information content (AvgIpc) is 2.69. The lowest BCUT2D eigenvalue weighted by Gasteiger charge is -2.22. The van der Waals surface area contributed by atoms with Gasteiger partial charge in [-0.1, -0.05) is 68.5 Å². The number of carbonyl (C=O) groups is 1. The number of thioether (sulfide) groups is 1. The van der Waals surface area contributed by atoms with E-state index in [-0.39, 0.29) is 17.2 Å². The van der Waals surface area contributed by atoms with Gasteiger partial charge in [-0.25, -0.2) is 4.98 Å². The zero-order chi connectivity index (χ0) is 19.9. The summed E-state index contributed by atoms with van der Waals surface area (Å²) in [6, 6.07) is 7.69. The molecule has 3 rings (SSSR count). The Kier molecular flexibility index (Phi) is 7.31. The van der Waals surface area contributed by atoms with Gasteiger partial charge < -0.3 is 10.3 Å². The fourth-order valence-electron chi connectivity index (χ4n) is 3.76. The van der Waals surface area contributed by atoms with Gasteiger partial charge in [0.25, 0.3) is 5.56 Å². The first-order valence-corrected chi connectivity index (χ1v) is 11.1. The monoisotopic (exact) mass is 399 g/mol. The molecule has 0 saturated heterocycles. The summed E-state index contributed by atoms with van der Waals surface area (Å²) >= 11 is 1.28. The molecule has 1 heterocycles. The Bertz CT molecular complexity index is 855. The highest BCUT2D eigenvalue weighted by atomic mass is 32.2. The van der Waals surface area contributed by atoms with E-state index in [1.165, 1.54) is 43.9 Å². The highest BCUT2D eigenvalue weighted by Crippen LogP contribution is 2.27. The normalized spacial score (nSPS) is 14.8. The van der Waals surface area contributed by atoms with Crippen molar-refractivity contribution < 1.29 is 4.79 Å². The molecule has 2 aromatic rings. The molecule has 6 heteroatoms. The van der Waals surface area contributed by atoms with Crippen molar-refractivity contribution in [1.29, 1.82) is 0 Å². The molecular weight excluding hydrogens is 370 g/mol. The van der Waals surface area contributed by atoms with Crippen LogP contribution in [0.2, 0.25) is 0 Å². The van der Waals surface area contributed by atoms with E-state index < -0.39 is 0 Å². The first-order chi connectivity index (χ1) is 13.5. The minimum Gasteiger partial charge on any atom is -0.325 e. The number of rotatable bonds is 7. The fraction of sp³-hybridized carbons (Fsp3) is 0.500. The van der Waals surface area contributed by atoms with Crippen LogP contribution >= 0.6 is 11.8 Å². The van der Waals surface area contributed by atoms with Crippen molar-refractivity contribution in [2.75, 3.05) is 11.1 Å². The highest BCUT2D eigenvalue weighted by molar-refractivity contribution is 7.99. The first-order valence-electron chi connectivity index (χ1n) is 10.2. The number of carbonyl (C=O) groups excluding carboxylic acids is 1. The van der Waals surface area contributed by atoms with E-state index in [0.717, 1.165) is 28.9 Å². The lowest BCUT2D eigenvalue weighted by atomic mass is 9.85. The third kappa shape index (κ3) is 5.71. The van der Waals surface area contributed by atoms with Gasteiger partial charge in [0.05, 0.1) is 11.4 Å². The lowest BCUT2D eigenvalue weighted by Crippen LogP contribution is -2.21. The van der Waals surface area contributed by atoms with Crippen LogP contribution in [0.25, 0.3) is 0 Å². The summed E-state index contributed by atoms with van der Waals surface area (Å²) < 4.78 is 0. The van der Waals surface area contributed by atoms with E-state index >= 15 is 0 Å². The summed E-state index contributed by atoms with van der Waals surface area (Å²) in [5.41, 5.74) is 3.57. The van der Waals surface area contributed by atoms with Gasteiger partial charge in [0, 0.05) is 11.3 Å². The molecule has 0 aliphatic heterocycles. The average molecular weight is 400 g/mol. The summed E-state index contributed by atoms with van der Waals surface area (Å²) in [7, 11) is 0. The smallest absolute Gasteiger partial charge is 0.254 e. The first kappa shape index (κ1) is 20.6. The minimum absolute atomic E-state index is 0.0650. The number of aromatic amines is 1. The molecule has 5 nitrogen and oxygen atoms in total. The molecule has 1 amide bonds. The summed E-state index contributed by atoms with van der Waals surface area (Å²) in [4.78, 5) is 32.3. The topological polar surface area (TPSA) is 74.8 Å². The molecule has 1 saturated carbocycles. The molecule has 0 atom stereocenters. The van der Waals surface area contributed by atoms with Crippen molar-refractivity contribution in [3.63, 3.8) is 0 Å². The summed E-state index contributed by atoms with van der Waals surface area (Å²) in [5, 5.41) is 3.41. The molecule has 1 aliphatic carbocycles. The van der Waals surface area contributed by atoms with E-state index in [4.69, 9.17) is 4.98 Å². The molecule has 1 aromatic carbocycles. The van der Waals surface area contributed by atoms with Gasteiger partial charge in [0.1, 0.15) is 0 Å². The maximum atomic E-state index is 12.5. The predicted molar refractivity (Wildman–Crippen MR) is 115 cm³/mol. The van der Waals surface area contributed by atoms with Crippen LogP contribution in [-0.4, -0.2) is 21.6 Å². The maximum absolute atomic E-state index is 12.5.